The second-order valence-corrected chi connectivity index (χ2v) is 7.07. The molecule has 3 heteroatoms. The smallest absolute Gasteiger partial charge is 0.228 e. The van der Waals surface area contributed by atoms with Crippen LogP contribution in [0.5, 0.6) is 0 Å². The Kier molecular flexibility index (Phi) is 4.88. The second kappa shape index (κ2) is 6.25. The van der Waals surface area contributed by atoms with Crippen LogP contribution < -0.4 is 5.73 Å². The first-order valence-corrected chi connectivity index (χ1v) is 8.07. The van der Waals surface area contributed by atoms with E-state index in [2.05, 4.69) is 18.7 Å². The van der Waals surface area contributed by atoms with Gasteiger partial charge in [0.2, 0.25) is 5.91 Å². The third kappa shape index (κ3) is 3.31. The van der Waals surface area contributed by atoms with Gasteiger partial charge in [-0.2, -0.15) is 0 Å². The summed E-state index contributed by atoms with van der Waals surface area (Å²) in [6.07, 6.45) is 7.99. The van der Waals surface area contributed by atoms with Crippen LogP contribution in [0.2, 0.25) is 0 Å². The number of hydrogen-bond acceptors (Lipinski definition) is 2. The molecule has 1 atom stereocenters. The minimum Gasteiger partial charge on any atom is -0.342 e. The van der Waals surface area contributed by atoms with Gasteiger partial charge in [0.1, 0.15) is 0 Å². The topological polar surface area (TPSA) is 46.3 Å². The lowest BCUT2D eigenvalue weighted by Crippen LogP contribution is -2.42. The van der Waals surface area contributed by atoms with Crippen LogP contribution >= 0.6 is 0 Å². The molecule has 2 N–H and O–H groups in total. The van der Waals surface area contributed by atoms with E-state index >= 15 is 0 Å². The van der Waals surface area contributed by atoms with Gasteiger partial charge in [-0.1, -0.05) is 26.7 Å². The van der Waals surface area contributed by atoms with Gasteiger partial charge in [0.15, 0.2) is 0 Å². The molecule has 0 aromatic carbocycles. The van der Waals surface area contributed by atoms with Gasteiger partial charge >= 0.3 is 0 Å². The Bertz CT molecular complexity index is 308. The van der Waals surface area contributed by atoms with E-state index in [0.717, 1.165) is 51.7 Å². The zero-order valence-corrected chi connectivity index (χ0v) is 12.7. The molecule has 1 heterocycles. The van der Waals surface area contributed by atoms with Crippen LogP contribution in [-0.2, 0) is 4.79 Å². The summed E-state index contributed by atoms with van der Waals surface area (Å²) in [5.41, 5.74) is 5.62. The number of amides is 1. The van der Waals surface area contributed by atoms with E-state index in [0.29, 0.717) is 17.7 Å². The molecule has 2 fully saturated rings. The fourth-order valence-corrected chi connectivity index (χ4v) is 4.16. The predicted octanol–water partition coefficient (Wildman–Crippen LogP) is 2.79. The Morgan fingerprint density at radius 1 is 1.37 bits per heavy atom. The van der Waals surface area contributed by atoms with Crippen molar-refractivity contribution in [3.8, 4) is 0 Å². The van der Waals surface area contributed by atoms with Crippen LogP contribution in [0.4, 0.5) is 0 Å². The van der Waals surface area contributed by atoms with Gasteiger partial charge in [0.25, 0.3) is 0 Å². The largest absolute Gasteiger partial charge is 0.342 e. The molecule has 1 unspecified atom stereocenters. The summed E-state index contributed by atoms with van der Waals surface area (Å²) in [7, 11) is 0. The maximum atomic E-state index is 12.9. The molecule has 0 radical (unpaired) electrons. The van der Waals surface area contributed by atoms with E-state index in [4.69, 9.17) is 5.73 Å². The highest BCUT2D eigenvalue weighted by molar-refractivity contribution is 5.83. The Balaban J connectivity index is 2.00. The fourth-order valence-electron chi connectivity index (χ4n) is 4.16. The van der Waals surface area contributed by atoms with Gasteiger partial charge in [0, 0.05) is 18.5 Å². The van der Waals surface area contributed by atoms with Crippen LogP contribution in [0.3, 0.4) is 0 Å². The highest BCUT2D eigenvalue weighted by atomic mass is 16.2. The number of hydrogen-bond donors (Lipinski definition) is 1. The van der Waals surface area contributed by atoms with Gasteiger partial charge in [0.05, 0.1) is 0 Å². The number of carbonyl (C=O) groups excluding carboxylic acids is 1. The van der Waals surface area contributed by atoms with Crippen LogP contribution in [0, 0.1) is 17.3 Å². The first kappa shape index (κ1) is 14.8. The molecule has 1 amide bonds. The van der Waals surface area contributed by atoms with E-state index in [1.165, 1.54) is 12.8 Å². The Morgan fingerprint density at radius 2 is 2.05 bits per heavy atom. The van der Waals surface area contributed by atoms with Gasteiger partial charge < -0.3 is 10.6 Å². The molecule has 0 aromatic heterocycles. The zero-order valence-electron chi connectivity index (χ0n) is 12.7. The Hall–Kier alpha value is -0.570. The molecule has 0 bridgehead atoms. The number of nitrogens with zero attached hydrogens (tertiary/aromatic N) is 1. The summed E-state index contributed by atoms with van der Waals surface area (Å²) in [6, 6.07) is 0. The highest BCUT2D eigenvalue weighted by Gasteiger charge is 2.44. The van der Waals surface area contributed by atoms with Crippen molar-refractivity contribution in [2.24, 2.45) is 23.0 Å². The van der Waals surface area contributed by atoms with E-state index < -0.39 is 0 Å². The van der Waals surface area contributed by atoms with Crippen LogP contribution in [-0.4, -0.2) is 30.4 Å². The molecule has 3 nitrogen and oxygen atoms in total. The van der Waals surface area contributed by atoms with Crippen molar-refractivity contribution in [3.05, 3.63) is 0 Å². The zero-order chi connectivity index (χ0) is 13.9. The third-order valence-corrected chi connectivity index (χ3v) is 4.96. The second-order valence-electron chi connectivity index (χ2n) is 7.07. The average Bonchev–Trinajstić information content (AvgIpc) is 2.98. The van der Waals surface area contributed by atoms with Gasteiger partial charge in [-0.05, 0) is 50.5 Å². The predicted molar refractivity (Wildman–Crippen MR) is 78.7 cm³/mol. The molecule has 1 saturated heterocycles. The minimum atomic E-state index is -0.0221. The lowest BCUT2D eigenvalue weighted by molar-refractivity contribution is -0.142. The quantitative estimate of drug-likeness (QED) is 0.831. The third-order valence-electron chi connectivity index (χ3n) is 4.96. The maximum absolute atomic E-state index is 12.9. The van der Waals surface area contributed by atoms with Crippen molar-refractivity contribution in [1.82, 2.24) is 4.90 Å². The summed E-state index contributed by atoms with van der Waals surface area (Å²) in [6.45, 7) is 7.16. The summed E-state index contributed by atoms with van der Waals surface area (Å²) < 4.78 is 0. The number of likely N-dealkylation sites (tertiary alicyclic amines) is 1. The van der Waals surface area contributed by atoms with Crippen molar-refractivity contribution in [2.45, 2.75) is 58.8 Å². The molecule has 2 rings (SSSR count). The van der Waals surface area contributed by atoms with Crippen molar-refractivity contribution in [1.29, 1.82) is 0 Å². The first-order chi connectivity index (χ1) is 9.07. The fraction of sp³-hybridized carbons (Fsp3) is 0.938. The Morgan fingerprint density at radius 3 is 2.63 bits per heavy atom. The molecular weight excluding hydrogens is 236 g/mol. The van der Waals surface area contributed by atoms with E-state index in [1.807, 2.05) is 0 Å². The molecule has 0 aromatic rings. The lowest BCUT2D eigenvalue weighted by atomic mass is 9.77. The Labute approximate surface area is 117 Å². The first-order valence-electron chi connectivity index (χ1n) is 8.07. The van der Waals surface area contributed by atoms with Gasteiger partial charge in [-0.25, -0.2) is 0 Å². The number of rotatable bonds is 5. The van der Waals surface area contributed by atoms with Crippen LogP contribution in [0.1, 0.15) is 58.8 Å². The van der Waals surface area contributed by atoms with Crippen molar-refractivity contribution >= 4 is 5.91 Å². The molecule has 110 valence electrons. The summed E-state index contributed by atoms with van der Waals surface area (Å²) in [5, 5.41) is 0. The van der Waals surface area contributed by atoms with Crippen molar-refractivity contribution < 1.29 is 4.79 Å². The standard InChI is InChI=1S/C16H30N2O/c1-13(2)11-16(7-3-4-8-16)15(19)18-10-6-14(12-18)5-9-17/h13-14H,3-12,17H2,1-2H3. The minimum absolute atomic E-state index is 0.0221. The monoisotopic (exact) mass is 266 g/mol. The van der Waals surface area contributed by atoms with Crippen molar-refractivity contribution in [3.63, 3.8) is 0 Å². The lowest BCUT2D eigenvalue weighted by Gasteiger charge is -2.34. The molecule has 2 aliphatic rings. The van der Waals surface area contributed by atoms with E-state index in [1.54, 1.807) is 0 Å². The SMILES string of the molecule is CC(C)CC1(C(=O)N2CCC(CCN)C2)CCCC1. The van der Waals surface area contributed by atoms with Gasteiger partial charge in [-0.3, -0.25) is 4.79 Å². The van der Waals surface area contributed by atoms with E-state index in [-0.39, 0.29) is 5.41 Å². The average molecular weight is 266 g/mol. The summed E-state index contributed by atoms with van der Waals surface area (Å²) >= 11 is 0. The maximum Gasteiger partial charge on any atom is 0.228 e. The molecule has 19 heavy (non-hydrogen) atoms. The van der Waals surface area contributed by atoms with E-state index in [9.17, 15) is 4.79 Å². The molecular formula is C16H30N2O. The molecule has 1 aliphatic carbocycles. The van der Waals surface area contributed by atoms with Crippen molar-refractivity contribution in [2.75, 3.05) is 19.6 Å². The molecule has 1 saturated carbocycles. The highest BCUT2D eigenvalue weighted by Crippen LogP contribution is 2.45. The van der Waals surface area contributed by atoms with Gasteiger partial charge in [-0.15, -0.1) is 0 Å². The molecule has 1 aliphatic heterocycles. The number of nitrogens with two attached hydrogens (primary N) is 1. The van der Waals surface area contributed by atoms with Crippen LogP contribution in [0.25, 0.3) is 0 Å². The number of carbonyl (C=O) groups is 1. The van der Waals surface area contributed by atoms with Crippen LogP contribution in [0.15, 0.2) is 0 Å². The summed E-state index contributed by atoms with van der Waals surface area (Å²) in [4.78, 5) is 15.1. The normalized spacial score (nSPS) is 26.3. The summed E-state index contributed by atoms with van der Waals surface area (Å²) in [5.74, 6) is 1.72. The molecule has 0 spiro atoms.